The van der Waals surface area contributed by atoms with Crippen molar-refractivity contribution in [3.8, 4) is 6.07 Å². The molecule has 0 spiro atoms. The average molecular weight is 456 g/mol. The summed E-state index contributed by atoms with van der Waals surface area (Å²) in [5.41, 5.74) is 5.26. The molecular formula is C28H25NOS2. The average Bonchev–Trinajstić information content (AvgIpc) is 3.33. The van der Waals surface area contributed by atoms with Crippen molar-refractivity contribution in [2.24, 2.45) is 0 Å². The Hall–Kier alpha value is -3.26. The van der Waals surface area contributed by atoms with Crippen molar-refractivity contribution in [3.05, 3.63) is 129 Å². The van der Waals surface area contributed by atoms with Gasteiger partial charge in [-0.1, -0.05) is 79.4 Å². The van der Waals surface area contributed by atoms with Crippen LogP contribution in [0.5, 0.6) is 0 Å². The summed E-state index contributed by atoms with van der Waals surface area (Å²) in [6, 6.07) is 24.2. The van der Waals surface area contributed by atoms with E-state index in [9.17, 15) is 10.4 Å². The van der Waals surface area contributed by atoms with Gasteiger partial charge in [-0.3, -0.25) is 0 Å². The zero-order chi connectivity index (χ0) is 23.1. The number of allylic oxidation sites excluding steroid dienone is 5. The van der Waals surface area contributed by atoms with Crippen LogP contribution in [0.2, 0.25) is 0 Å². The molecule has 0 aliphatic heterocycles. The predicted octanol–water partition coefficient (Wildman–Crippen LogP) is 8.50. The number of hydrogen-bond donors (Lipinski definition) is 1. The van der Waals surface area contributed by atoms with Crippen LogP contribution in [0, 0.1) is 18.3 Å². The molecule has 0 bridgehead atoms. The van der Waals surface area contributed by atoms with Crippen LogP contribution in [-0.2, 0) is 0 Å². The van der Waals surface area contributed by atoms with E-state index in [1.807, 2.05) is 92.0 Å². The van der Waals surface area contributed by atoms with Crippen molar-refractivity contribution in [1.29, 1.82) is 5.26 Å². The minimum atomic E-state index is -0.362. The van der Waals surface area contributed by atoms with Crippen LogP contribution in [0.3, 0.4) is 0 Å². The van der Waals surface area contributed by atoms with E-state index < -0.39 is 0 Å². The normalized spacial score (nSPS) is 13.1. The third-order valence-corrected chi connectivity index (χ3v) is 7.23. The van der Waals surface area contributed by atoms with Gasteiger partial charge in [0, 0.05) is 15.4 Å². The fourth-order valence-corrected chi connectivity index (χ4v) is 4.99. The predicted molar refractivity (Wildman–Crippen MR) is 139 cm³/mol. The van der Waals surface area contributed by atoms with Crippen molar-refractivity contribution in [2.45, 2.75) is 19.1 Å². The molecular weight excluding hydrogens is 430 g/mol. The van der Waals surface area contributed by atoms with Crippen LogP contribution in [0.1, 0.15) is 33.7 Å². The fourth-order valence-electron chi connectivity index (χ4n) is 3.26. The number of aryl methyl sites for hydroxylation is 1. The molecule has 2 aromatic carbocycles. The molecule has 1 unspecified atom stereocenters. The SMILES string of the molecule is C=C(/C=C(\C(C#N)=C(/C)SC(C(=C)O)c1ccccc1)c1ccc(C)cc1)c1cccs1. The van der Waals surface area contributed by atoms with Crippen LogP contribution in [0.15, 0.2) is 108 Å². The van der Waals surface area contributed by atoms with E-state index >= 15 is 0 Å². The second kappa shape index (κ2) is 10.9. The Bertz CT molecular complexity index is 1190. The quantitative estimate of drug-likeness (QED) is 0.210. The Morgan fingerprint density at radius 3 is 2.31 bits per heavy atom. The maximum atomic E-state index is 10.3. The van der Waals surface area contributed by atoms with E-state index in [0.29, 0.717) is 5.57 Å². The van der Waals surface area contributed by atoms with Crippen LogP contribution in [0.4, 0.5) is 0 Å². The first-order chi connectivity index (χ1) is 15.4. The lowest BCUT2D eigenvalue weighted by atomic mass is 9.95. The lowest BCUT2D eigenvalue weighted by Crippen LogP contribution is -1.99. The summed E-state index contributed by atoms with van der Waals surface area (Å²) < 4.78 is 0. The maximum Gasteiger partial charge on any atom is 0.103 e. The monoisotopic (exact) mass is 455 g/mol. The number of nitrogens with zero attached hydrogens (tertiary/aromatic N) is 1. The molecule has 160 valence electrons. The summed E-state index contributed by atoms with van der Waals surface area (Å²) in [5, 5.41) is 22.1. The van der Waals surface area contributed by atoms with Crippen molar-refractivity contribution < 1.29 is 5.11 Å². The van der Waals surface area contributed by atoms with Crippen LogP contribution in [-0.4, -0.2) is 5.11 Å². The molecule has 3 aromatic rings. The summed E-state index contributed by atoms with van der Waals surface area (Å²) in [6.45, 7) is 12.0. The number of aliphatic hydroxyl groups is 1. The standard InChI is InChI=1S/C28H25NOS2/c1-19-12-14-23(15-13-19)25(17-20(2)27-11-8-16-31-27)26(18-29)22(4)32-28(21(3)30)24-9-6-5-7-10-24/h5-17,28,30H,2-3H2,1,4H3/b25-17-,26-22+. The second-order valence-electron chi connectivity index (χ2n) is 7.37. The highest BCUT2D eigenvalue weighted by molar-refractivity contribution is 8.03. The summed E-state index contributed by atoms with van der Waals surface area (Å²) >= 11 is 3.05. The minimum absolute atomic E-state index is 0.0571. The smallest absolute Gasteiger partial charge is 0.103 e. The van der Waals surface area contributed by atoms with E-state index in [1.54, 1.807) is 11.3 Å². The Morgan fingerprint density at radius 2 is 1.75 bits per heavy atom. The van der Waals surface area contributed by atoms with E-state index in [0.717, 1.165) is 37.6 Å². The number of thiophene rings is 1. The number of nitriles is 1. The summed E-state index contributed by atoms with van der Waals surface area (Å²) in [6.07, 6.45) is 1.98. The van der Waals surface area contributed by atoms with Gasteiger partial charge in [0.15, 0.2) is 0 Å². The van der Waals surface area contributed by atoms with Crippen molar-refractivity contribution in [2.75, 3.05) is 0 Å². The van der Waals surface area contributed by atoms with Gasteiger partial charge in [-0.05, 0) is 48.1 Å². The third kappa shape index (κ3) is 5.70. The van der Waals surface area contributed by atoms with Gasteiger partial charge in [-0.25, -0.2) is 0 Å². The molecule has 0 aliphatic carbocycles. The van der Waals surface area contributed by atoms with Crippen LogP contribution >= 0.6 is 23.1 Å². The van der Waals surface area contributed by atoms with Gasteiger partial charge < -0.3 is 5.11 Å². The van der Waals surface area contributed by atoms with E-state index in [4.69, 9.17) is 0 Å². The maximum absolute atomic E-state index is 10.3. The van der Waals surface area contributed by atoms with Gasteiger partial charge in [0.05, 0.1) is 10.8 Å². The van der Waals surface area contributed by atoms with Gasteiger partial charge in [-0.15, -0.1) is 23.1 Å². The largest absolute Gasteiger partial charge is 0.511 e. The van der Waals surface area contributed by atoms with Crippen molar-refractivity contribution in [3.63, 3.8) is 0 Å². The molecule has 1 atom stereocenters. The molecule has 0 aliphatic rings. The number of hydrogen-bond acceptors (Lipinski definition) is 4. The molecule has 3 rings (SSSR count). The van der Waals surface area contributed by atoms with E-state index in [1.165, 1.54) is 11.8 Å². The molecule has 1 heterocycles. The van der Waals surface area contributed by atoms with E-state index in [2.05, 4.69) is 19.2 Å². The highest BCUT2D eigenvalue weighted by Crippen LogP contribution is 2.42. The second-order valence-corrected chi connectivity index (χ2v) is 9.64. The molecule has 4 heteroatoms. The molecule has 1 aromatic heterocycles. The number of benzene rings is 2. The van der Waals surface area contributed by atoms with Gasteiger partial charge in [0.1, 0.15) is 11.8 Å². The Morgan fingerprint density at radius 1 is 1.06 bits per heavy atom. The van der Waals surface area contributed by atoms with Gasteiger partial charge >= 0.3 is 0 Å². The fraction of sp³-hybridized carbons (Fsp3) is 0.107. The Balaban J connectivity index is 2.08. The summed E-state index contributed by atoms with van der Waals surface area (Å²) in [4.78, 5) is 1.87. The van der Waals surface area contributed by atoms with Crippen molar-refractivity contribution >= 4 is 34.2 Å². The molecule has 0 saturated heterocycles. The number of thioether (sulfide) groups is 1. The molecule has 2 nitrogen and oxygen atoms in total. The van der Waals surface area contributed by atoms with Gasteiger partial charge in [0.25, 0.3) is 0 Å². The zero-order valence-electron chi connectivity index (χ0n) is 18.2. The molecule has 0 fully saturated rings. The first-order valence-corrected chi connectivity index (χ1v) is 11.9. The topological polar surface area (TPSA) is 44.0 Å². The summed E-state index contributed by atoms with van der Waals surface area (Å²) in [5.74, 6) is 0.0571. The molecule has 0 saturated carbocycles. The first kappa shape index (κ1) is 23.4. The summed E-state index contributed by atoms with van der Waals surface area (Å²) in [7, 11) is 0. The van der Waals surface area contributed by atoms with Gasteiger partial charge in [-0.2, -0.15) is 5.26 Å². The molecule has 1 N–H and O–H groups in total. The molecule has 0 amide bonds. The number of rotatable bonds is 8. The van der Waals surface area contributed by atoms with Crippen LogP contribution in [0.25, 0.3) is 11.1 Å². The lowest BCUT2D eigenvalue weighted by Gasteiger charge is -2.18. The van der Waals surface area contributed by atoms with E-state index in [-0.39, 0.29) is 11.0 Å². The van der Waals surface area contributed by atoms with Crippen LogP contribution < -0.4 is 0 Å². The first-order valence-electron chi connectivity index (χ1n) is 10.1. The molecule has 32 heavy (non-hydrogen) atoms. The Kier molecular flexibility index (Phi) is 7.94. The lowest BCUT2D eigenvalue weighted by molar-refractivity contribution is 0.399. The van der Waals surface area contributed by atoms with Gasteiger partial charge in [0.2, 0.25) is 0 Å². The number of aliphatic hydroxyl groups excluding tert-OH is 1. The zero-order valence-corrected chi connectivity index (χ0v) is 19.8. The third-order valence-electron chi connectivity index (χ3n) is 4.95. The highest BCUT2D eigenvalue weighted by atomic mass is 32.2. The molecule has 0 radical (unpaired) electrons. The van der Waals surface area contributed by atoms with Crippen molar-refractivity contribution in [1.82, 2.24) is 0 Å². The highest BCUT2D eigenvalue weighted by Gasteiger charge is 2.20. The minimum Gasteiger partial charge on any atom is -0.511 e. The Labute approximate surface area is 198 Å².